The lowest BCUT2D eigenvalue weighted by atomic mass is 10.2. The average Bonchev–Trinajstić information content (AvgIpc) is 3.07. The number of nitrogens with one attached hydrogen (secondary N) is 2. The number of para-hydroxylation sites is 1. The smallest absolute Gasteiger partial charge is 0.191 e. The number of guanidine groups is 1. The third-order valence-electron chi connectivity index (χ3n) is 4.82. The molecule has 0 spiro atoms. The Labute approximate surface area is 200 Å². The van der Waals surface area contributed by atoms with Gasteiger partial charge in [-0.05, 0) is 50.2 Å². The second-order valence-corrected chi connectivity index (χ2v) is 6.77. The summed E-state index contributed by atoms with van der Waals surface area (Å²) in [6.45, 7) is 5.92. The van der Waals surface area contributed by atoms with Gasteiger partial charge in [0.15, 0.2) is 5.96 Å². The van der Waals surface area contributed by atoms with Crippen molar-refractivity contribution < 1.29 is 9.47 Å². The number of aliphatic imine (C=N–C) groups is 1. The number of halogens is 1. The summed E-state index contributed by atoms with van der Waals surface area (Å²) in [6.07, 6.45) is 0. The number of benzene rings is 2. The third kappa shape index (κ3) is 6.61. The number of hydrogen-bond acceptors (Lipinski definition) is 4. The van der Waals surface area contributed by atoms with E-state index in [4.69, 9.17) is 14.6 Å². The average molecular weight is 535 g/mol. The fourth-order valence-electron chi connectivity index (χ4n) is 3.15. The minimum absolute atomic E-state index is 0. The van der Waals surface area contributed by atoms with Crippen LogP contribution in [0, 0.1) is 13.8 Å². The summed E-state index contributed by atoms with van der Waals surface area (Å²) >= 11 is 0. The van der Waals surface area contributed by atoms with Gasteiger partial charge in [-0.3, -0.25) is 4.99 Å². The van der Waals surface area contributed by atoms with Gasteiger partial charge in [-0.1, -0.05) is 18.2 Å². The van der Waals surface area contributed by atoms with Crippen molar-refractivity contribution in [2.45, 2.75) is 20.4 Å². The SMILES string of the molecule is CN=C(NCCOc1ccc(OC)cc1)NCc1c(C)nn(-c2ccccc2)c1C.I. The number of nitrogens with zero attached hydrogens (tertiary/aromatic N) is 3. The van der Waals surface area contributed by atoms with Gasteiger partial charge < -0.3 is 20.1 Å². The van der Waals surface area contributed by atoms with E-state index in [1.807, 2.05) is 54.1 Å². The van der Waals surface area contributed by atoms with Crippen molar-refractivity contribution in [2.24, 2.45) is 4.99 Å². The van der Waals surface area contributed by atoms with Crippen molar-refractivity contribution in [2.75, 3.05) is 27.3 Å². The molecule has 0 aliphatic heterocycles. The first-order chi connectivity index (χ1) is 14.6. The molecule has 1 aromatic heterocycles. The molecule has 0 radical (unpaired) electrons. The Bertz CT molecular complexity index is 972. The first-order valence-corrected chi connectivity index (χ1v) is 9.94. The minimum atomic E-state index is 0. The Hall–Kier alpha value is -2.75. The van der Waals surface area contributed by atoms with E-state index >= 15 is 0 Å². The number of ether oxygens (including phenoxy) is 2. The lowest BCUT2D eigenvalue weighted by molar-refractivity contribution is 0.321. The lowest BCUT2D eigenvalue weighted by Crippen LogP contribution is -2.39. The zero-order valence-corrected chi connectivity index (χ0v) is 20.7. The fraction of sp³-hybridized carbons (Fsp3) is 0.304. The lowest BCUT2D eigenvalue weighted by Gasteiger charge is -2.13. The van der Waals surface area contributed by atoms with Crippen molar-refractivity contribution in [3.63, 3.8) is 0 Å². The predicted octanol–water partition coefficient (Wildman–Crippen LogP) is 3.86. The zero-order valence-electron chi connectivity index (χ0n) is 18.4. The van der Waals surface area contributed by atoms with Crippen LogP contribution >= 0.6 is 24.0 Å². The molecule has 8 heteroatoms. The molecule has 166 valence electrons. The highest BCUT2D eigenvalue weighted by Gasteiger charge is 2.13. The second kappa shape index (κ2) is 12.2. The molecule has 3 aromatic rings. The Morgan fingerprint density at radius 1 is 1.00 bits per heavy atom. The molecule has 0 unspecified atom stereocenters. The van der Waals surface area contributed by atoms with Gasteiger partial charge in [0.1, 0.15) is 18.1 Å². The quantitative estimate of drug-likeness (QED) is 0.199. The number of aromatic nitrogens is 2. The molecule has 7 nitrogen and oxygen atoms in total. The molecule has 31 heavy (non-hydrogen) atoms. The fourth-order valence-corrected chi connectivity index (χ4v) is 3.15. The highest BCUT2D eigenvalue weighted by molar-refractivity contribution is 14.0. The van der Waals surface area contributed by atoms with Gasteiger partial charge in [-0.2, -0.15) is 5.10 Å². The van der Waals surface area contributed by atoms with E-state index < -0.39 is 0 Å². The van der Waals surface area contributed by atoms with E-state index in [2.05, 4.69) is 34.7 Å². The van der Waals surface area contributed by atoms with Crippen LogP contribution in [-0.4, -0.2) is 43.0 Å². The van der Waals surface area contributed by atoms with E-state index in [1.54, 1.807) is 14.2 Å². The van der Waals surface area contributed by atoms with Crippen LogP contribution in [-0.2, 0) is 6.54 Å². The molecule has 0 aliphatic carbocycles. The summed E-state index contributed by atoms with van der Waals surface area (Å²) in [6, 6.07) is 17.7. The molecule has 2 N–H and O–H groups in total. The number of methoxy groups -OCH3 is 1. The van der Waals surface area contributed by atoms with E-state index in [-0.39, 0.29) is 24.0 Å². The van der Waals surface area contributed by atoms with Crippen LogP contribution in [0.15, 0.2) is 59.6 Å². The van der Waals surface area contributed by atoms with Crippen molar-refractivity contribution in [3.05, 3.63) is 71.5 Å². The number of rotatable bonds is 8. The Balaban J connectivity index is 0.00000341. The molecule has 1 heterocycles. The first kappa shape index (κ1) is 24.5. The van der Waals surface area contributed by atoms with Crippen molar-refractivity contribution in [3.8, 4) is 17.2 Å². The number of aryl methyl sites for hydroxylation is 1. The Morgan fingerprint density at radius 3 is 2.32 bits per heavy atom. The molecule has 3 rings (SSSR count). The van der Waals surface area contributed by atoms with E-state index in [1.165, 1.54) is 0 Å². The zero-order chi connectivity index (χ0) is 21.3. The highest BCUT2D eigenvalue weighted by atomic mass is 127. The molecule has 0 amide bonds. The molecule has 0 bridgehead atoms. The van der Waals surface area contributed by atoms with Gasteiger partial charge >= 0.3 is 0 Å². The van der Waals surface area contributed by atoms with Crippen LogP contribution in [0.25, 0.3) is 5.69 Å². The summed E-state index contributed by atoms with van der Waals surface area (Å²) in [4.78, 5) is 4.29. The molecule has 0 fully saturated rings. The second-order valence-electron chi connectivity index (χ2n) is 6.77. The van der Waals surface area contributed by atoms with Gasteiger partial charge in [0.2, 0.25) is 0 Å². The maximum absolute atomic E-state index is 5.74. The van der Waals surface area contributed by atoms with Gasteiger partial charge in [-0.25, -0.2) is 4.68 Å². The molecule has 0 saturated heterocycles. The Morgan fingerprint density at radius 2 is 1.68 bits per heavy atom. The van der Waals surface area contributed by atoms with Crippen LogP contribution in [0.5, 0.6) is 11.5 Å². The maximum Gasteiger partial charge on any atom is 0.191 e. The van der Waals surface area contributed by atoms with Crippen LogP contribution < -0.4 is 20.1 Å². The standard InChI is InChI=1S/C23H29N5O2.HI/c1-17-22(18(2)28(27-17)19-8-6-5-7-9-19)16-26-23(24-3)25-14-15-30-21-12-10-20(29-4)11-13-21;/h5-13H,14-16H2,1-4H3,(H2,24,25,26);1H. The maximum atomic E-state index is 5.74. The predicted molar refractivity (Wildman–Crippen MR) is 135 cm³/mol. The van der Waals surface area contributed by atoms with Gasteiger partial charge in [0, 0.05) is 24.8 Å². The molecule has 0 aliphatic rings. The summed E-state index contributed by atoms with van der Waals surface area (Å²) < 4.78 is 12.9. The van der Waals surface area contributed by atoms with E-state index in [0.29, 0.717) is 19.7 Å². The van der Waals surface area contributed by atoms with E-state index in [0.717, 1.165) is 40.1 Å². The van der Waals surface area contributed by atoms with Crippen LogP contribution in [0.1, 0.15) is 17.0 Å². The monoisotopic (exact) mass is 535 g/mol. The Kier molecular flexibility index (Phi) is 9.64. The van der Waals surface area contributed by atoms with Gasteiger partial charge in [-0.15, -0.1) is 24.0 Å². The minimum Gasteiger partial charge on any atom is -0.497 e. The third-order valence-corrected chi connectivity index (χ3v) is 4.82. The topological polar surface area (TPSA) is 72.7 Å². The summed E-state index contributed by atoms with van der Waals surface area (Å²) in [5, 5.41) is 11.3. The van der Waals surface area contributed by atoms with Gasteiger partial charge in [0.05, 0.1) is 25.0 Å². The van der Waals surface area contributed by atoms with E-state index in [9.17, 15) is 0 Å². The summed E-state index contributed by atoms with van der Waals surface area (Å²) in [5.41, 5.74) is 4.34. The van der Waals surface area contributed by atoms with Gasteiger partial charge in [0.25, 0.3) is 0 Å². The normalized spacial score (nSPS) is 10.9. The largest absolute Gasteiger partial charge is 0.497 e. The number of hydrogen-bond donors (Lipinski definition) is 2. The van der Waals surface area contributed by atoms with Crippen LogP contribution in [0.4, 0.5) is 0 Å². The highest BCUT2D eigenvalue weighted by Crippen LogP contribution is 2.18. The van der Waals surface area contributed by atoms with Crippen LogP contribution in [0.3, 0.4) is 0 Å². The first-order valence-electron chi connectivity index (χ1n) is 9.94. The molecular formula is C23H30IN5O2. The van der Waals surface area contributed by atoms with Crippen molar-refractivity contribution in [1.82, 2.24) is 20.4 Å². The molecule has 0 saturated carbocycles. The van der Waals surface area contributed by atoms with Crippen molar-refractivity contribution >= 4 is 29.9 Å². The summed E-state index contributed by atoms with van der Waals surface area (Å²) in [5.74, 6) is 2.34. The molecule has 2 aromatic carbocycles. The molecule has 0 atom stereocenters. The summed E-state index contributed by atoms with van der Waals surface area (Å²) in [7, 11) is 3.40. The van der Waals surface area contributed by atoms with Crippen molar-refractivity contribution in [1.29, 1.82) is 0 Å². The molecular weight excluding hydrogens is 505 g/mol. The van der Waals surface area contributed by atoms with Crippen LogP contribution in [0.2, 0.25) is 0 Å².